The SMILES string of the molecule is CC1(C)COC(=O)N[C@H]1c1cccc2c1OCO2.Cl. The molecule has 1 aromatic rings. The summed E-state index contributed by atoms with van der Waals surface area (Å²) in [6, 6.07) is 5.57. The zero-order valence-electron chi connectivity index (χ0n) is 10.8. The molecular formula is C13H16ClNO4. The van der Waals surface area contributed by atoms with Crippen LogP contribution in [0.3, 0.4) is 0 Å². The largest absolute Gasteiger partial charge is 0.454 e. The summed E-state index contributed by atoms with van der Waals surface area (Å²) in [4.78, 5) is 11.4. The normalized spacial score (nSPS) is 23.1. The third kappa shape index (κ3) is 2.30. The van der Waals surface area contributed by atoms with Crippen molar-refractivity contribution >= 4 is 18.5 Å². The van der Waals surface area contributed by atoms with Gasteiger partial charge in [0.05, 0.1) is 6.04 Å². The molecule has 0 saturated carbocycles. The molecule has 0 aliphatic carbocycles. The summed E-state index contributed by atoms with van der Waals surface area (Å²) >= 11 is 0. The van der Waals surface area contributed by atoms with Crippen molar-refractivity contribution in [3.8, 4) is 11.5 Å². The Morgan fingerprint density at radius 1 is 1.26 bits per heavy atom. The van der Waals surface area contributed by atoms with Gasteiger partial charge in [0.15, 0.2) is 11.5 Å². The Bertz CT molecular complexity index is 503. The number of cyclic esters (lactones) is 1. The maximum absolute atomic E-state index is 11.4. The average molecular weight is 286 g/mol. The maximum Gasteiger partial charge on any atom is 0.407 e. The summed E-state index contributed by atoms with van der Waals surface area (Å²) in [5, 5.41) is 2.86. The number of benzene rings is 1. The van der Waals surface area contributed by atoms with Crippen LogP contribution in [0, 0.1) is 5.41 Å². The fraction of sp³-hybridized carbons (Fsp3) is 0.462. The predicted molar refractivity (Wildman–Crippen MR) is 70.8 cm³/mol. The van der Waals surface area contributed by atoms with Crippen LogP contribution in [0.4, 0.5) is 4.79 Å². The molecule has 2 aliphatic rings. The minimum Gasteiger partial charge on any atom is -0.454 e. The van der Waals surface area contributed by atoms with Crippen molar-refractivity contribution in [2.24, 2.45) is 5.41 Å². The number of rotatable bonds is 1. The molecule has 0 radical (unpaired) electrons. The van der Waals surface area contributed by atoms with E-state index in [1.165, 1.54) is 0 Å². The third-order valence-electron chi connectivity index (χ3n) is 3.36. The van der Waals surface area contributed by atoms with E-state index in [1.54, 1.807) is 0 Å². The molecule has 6 heteroatoms. The quantitative estimate of drug-likeness (QED) is 0.862. The molecule has 104 valence electrons. The molecule has 3 rings (SSSR count). The van der Waals surface area contributed by atoms with Gasteiger partial charge in [-0.1, -0.05) is 26.0 Å². The Balaban J connectivity index is 0.00000133. The number of nitrogens with one attached hydrogen (secondary N) is 1. The number of para-hydroxylation sites is 1. The van der Waals surface area contributed by atoms with Crippen molar-refractivity contribution in [1.29, 1.82) is 0 Å². The Morgan fingerprint density at radius 2 is 2.05 bits per heavy atom. The number of hydrogen-bond donors (Lipinski definition) is 1. The molecule has 1 fully saturated rings. The zero-order valence-corrected chi connectivity index (χ0v) is 11.6. The number of amides is 1. The van der Waals surface area contributed by atoms with Gasteiger partial charge >= 0.3 is 6.09 Å². The van der Waals surface area contributed by atoms with E-state index in [1.807, 2.05) is 32.0 Å². The van der Waals surface area contributed by atoms with Crippen molar-refractivity contribution in [2.75, 3.05) is 13.4 Å². The van der Waals surface area contributed by atoms with Crippen LogP contribution in [0.2, 0.25) is 0 Å². The van der Waals surface area contributed by atoms with Gasteiger partial charge in [0.25, 0.3) is 0 Å². The molecule has 1 amide bonds. The fourth-order valence-electron chi connectivity index (χ4n) is 2.37. The van der Waals surface area contributed by atoms with Gasteiger partial charge in [-0.25, -0.2) is 4.79 Å². The second-order valence-electron chi connectivity index (χ2n) is 5.22. The first-order valence-electron chi connectivity index (χ1n) is 5.90. The molecule has 1 N–H and O–H groups in total. The van der Waals surface area contributed by atoms with Crippen molar-refractivity contribution in [3.05, 3.63) is 23.8 Å². The van der Waals surface area contributed by atoms with Crippen LogP contribution < -0.4 is 14.8 Å². The van der Waals surface area contributed by atoms with Crippen LogP contribution >= 0.6 is 12.4 Å². The van der Waals surface area contributed by atoms with Gasteiger partial charge in [-0.15, -0.1) is 12.4 Å². The summed E-state index contributed by atoms with van der Waals surface area (Å²) in [6.07, 6.45) is -0.393. The van der Waals surface area contributed by atoms with E-state index >= 15 is 0 Å². The Morgan fingerprint density at radius 3 is 2.84 bits per heavy atom. The lowest BCUT2D eigenvalue weighted by atomic mass is 9.80. The molecule has 0 aromatic heterocycles. The summed E-state index contributed by atoms with van der Waals surface area (Å²) in [5.41, 5.74) is 0.737. The molecule has 2 aliphatic heterocycles. The summed E-state index contributed by atoms with van der Waals surface area (Å²) in [5.74, 6) is 1.45. The highest BCUT2D eigenvalue weighted by Crippen LogP contribution is 2.45. The highest BCUT2D eigenvalue weighted by Gasteiger charge is 2.40. The predicted octanol–water partition coefficient (Wildman–Crippen LogP) is 2.64. The summed E-state index contributed by atoms with van der Waals surface area (Å²) < 4.78 is 15.9. The number of alkyl carbamates (subject to hydrolysis) is 1. The highest BCUT2D eigenvalue weighted by atomic mass is 35.5. The maximum atomic E-state index is 11.4. The van der Waals surface area contributed by atoms with Crippen molar-refractivity contribution < 1.29 is 19.0 Å². The number of hydrogen-bond acceptors (Lipinski definition) is 4. The topological polar surface area (TPSA) is 56.8 Å². The van der Waals surface area contributed by atoms with Crippen LogP contribution in [-0.2, 0) is 4.74 Å². The number of carbonyl (C=O) groups excluding carboxylic acids is 1. The molecule has 1 atom stereocenters. The molecule has 2 heterocycles. The number of carbonyl (C=O) groups is 1. The van der Waals surface area contributed by atoms with Gasteiger partial charge in [-0.2, -0.15) is 0 Å². The summed E-state index contributed by atoms with van der Waals surface area (Å²) in [6.45, 7) is 4.70. The van der Waals surface area contributed by atoms with E-state index in [0.717, 1.165) is 17.1 Å². The zero-order chi connectivity index (χ0) is 12.8. The lowest BCUT2D eigenvalue weighted by Crippen LogP contribution is -2.47. The van der Waals surface area contributed by atoms with Crippen LogP contribution in [0.1, 0.15) is 25.5 Å². The highest BCUT2D eigenvalue weighted by molar-refractivity contribution is 5.85. The number of halogens is 1. The van der Waals surface area contributed by atoms with Crippen LogP contribution in [0.25, 0.3) is 0 Å². The Kier molecular flexibility index (Phi) is 3.49. The van der Waals surface area contributed by atoms with Crippen molar-refractivity contribution in [1.82, 2.24) is 5.32 Å². The second-order valence-corrected chi connectivity index (χ2v) is 5.22. The lowest BCUT2D eigenvalue weighted by molar-refractivity contribution is 0.0379. The van der Waals surface area contributed by atoms with Crippen LogP contribution in [0.5, 0.6) is 11.5 Å². The molecular weight excluding hydrogens is 270 g/mol. The van der Waals surface area contributed by atoms with Crippen LogP contribution in [0.15, 0.2) is 18.2 Å². The van der Waals surface area contributed by atoms with E-state index in [-0.39, 0.29) is 30.7 Å². The summed E-state index contributed by atoms with van der Waals surface area (Å²) in [7, 11) is 0. The Labute approximate surface area is 117 Å². The van der Waals surface area contributed by atoms with Gasteiger partial charge in [-0.3, -0.25) is 0 Å². The Hall–Kier alpha value is -1.62. The van der Waals surface area contributed by atoms with Gasteiger partial charge in [0, 0.05) is 11.0 Å². The first kappa shape index (κ1) is 13.8. The first-order chi connectivity index (χ1) is 8.58. The van der Waals surface area contributed by atoms with E-state index in [2.05, 4.69) is 5.32 Å². The van der Waals surface area contributed by atoms with Gasteiger partial charge in [-0.05, 0) is 6.07 Å². The minimum absolute atomic E-state index is 0. The minimum atomic E-state index is -0.393. The van der Waals surface area contributed by atoms with Crippen molar-refractivity contribution in [2.45, 2.75) is 19.9 Å². The average Bonchev–Trinajstić information content (AvgIpc) is 2.80. The molecule has 1 aromatic carbocycles. The van der Waals surface area contributed by atoms with E-state index in [9.17, 15) is 4.79 Å². The molecule has 0 spiro atoms. The fourth-order valence-corrected chi connectivity index (χ4v) is 2.37. The standard InChI is InChI=1S/C13H15NO4.ClH/c1-13(2)6-16-12(15)14-11(13)8-4-3-5-9-10(8)18-7-17-9;/h3-5,11H,6-7H2,1-2H3,(H,14,15);1H/t11-;/m0./s1. The number of fused-ring (bicyclic) bond motifs is 1. The molecule has 5 nitrogen and oxygen atoms in total. The van der Waals surface area contributed by atoms with Gasteiger partial charge in [0.1, 0.15) is 6.61 Å². The smallest absolute Gasteiger partial charge is 0.407 e. The van der Waals surface area contributed by atoms with E-state index in [4.69, 9.17) is 14.2 Å². The second kappa shape index (κ2) is 4.81. The first-order valence-corrected chi connectivity index (χ1v) is 5.90. The lowest BCUT2D eigenvalue weighted by Gasteiger charge is -2.38. The van der Waals surface area contributed by atoms with Crippen molar-refractivity contribution in [3.63, 3.8) is 0 Å². The monoisotopic (exact) mass is 285 g/mol. The van der Waals surface area contributed by atoms with E-state index < -0.39 is 6.09 Å². The third-order valence-corrected chi connectivity index (χ3v) is 3.36. The van der Waals surface area contributed by atoms with Gasteiger partial charge in [0.2, 0.25) is 6.79 Å². The van der Waals surface area contributed by atoms with E-state index in [0.29, 0.717) is 6.61 Å². The molecule has 0 unspecified atom stereocenters. The molecule has 1 saturated heterocycles. The number of ether oxygens (including phenoxy) is 3. The molecule has 19 heavy (non-hydrogen) atoms. The van der Waals surface area contributed by atoms with Crippen LogP contribution in [-0.4, -0.2) is 19.5 Å². The van der Waals surface area contributed by atoms with Gasteiger partial charge < -0.3 is 19.5 Å². The molecule has 0 bridgehead atoms.